The first-order chi connectivity index (χ1) is 7.75. The number of rotatable bonds is 1. The molecule has 1 heterocycles. The Labute approximate surface area is 103 Å². The molecular weight excluding hydrogens is 218 g/mol. The molecular formula is C14H18ClN. The molecule has 0 spiro atoms. The van der Waals surface area contributed by atoms with Gasteiger partial charge in [0, 0.05) is 24.3 Å². The molecule has 0 atom stereocenters. The lowest BCUT2D eigenvalue weighted by atomic mass is 10.1. The summed E-state index contributed by atoms with van der Waals surface area (Å²) in [5.41, 5.74) is 2.69. The molecule has 86 valence electrons. The van der Waals surface area contributed by atoms with Crippen molar-refractivity contribution in [2.45, 2.75) is 25.7 Å². The second-order valence-corrected chi connectivity index (χ2v) is 4.86. The highest BCUT2D eigenvalue weighted by Gasteiger charge is 2.08. The van der Waals surface area contributed by atoms with Crippen LogP contribution in [0.25, 0.3) is 6.08 Å². The second-order valence-electron chi connectivity index (χ2n) is 4.42. The van der Waals surface area contributed by atoms with E-state index in [2.05, 4.69) is 30.2 Å². The number of likely N-dealkylation sites (tertiary alicyclic amines) is 1. The van der Waals surface area contributed by atoms with Gasteiger partial charge in [0.05, 0.1) is 0 Å². The normalized spacial score (nSPS) is 19.9. The first-order valence-electron chi connectivity index (χ1n) is 5.93. The highest BCUT2D eigenvalue weighted by molar-refractivity contribution is 6.30. The van der Waals surface area contributed by atoms with Gasteiger partial charge in [-0.3, -0.25) is 0 Å². The third kappa shape index (κ3) is 3.02. The Hall–Kier alpha value is -0.950. The van der Waals surface area contributed by atoms with Crippen LogP contribution >= 0.6 is 11.6 Å². The minimum absolute atomic E-state index is 0.802. The van der Waals surface area contributed by atoms with E-state index in [1.807, 2.05) is 12.1 Å². The monoisotopic (exact) mass is 235 g/mol. The van der Waals surface area contributed by atoms with Crippen molar-refractivity contribution < 1.29 is 0 Å². The molecule has 0 saturated carbocycles. The predicted octanol–water partition coefficient (Wildman–Crippen LogP) is 4.19. The maximum absolute atomic E-state index is 5.88. The smallest absolute Gasteiger partial charge is 0.0406 e. The molecule has 1 aliphatic rings. The molecule has 1 aromatic rings. The molecule has 2 heteroatoms. The van der Waals surface area contributed by atoms with Crippen molar-refractivity contribution >= 4 is 17.7 Å². The minimum Gasteiger partial charge on any atom is -0.378 e. The molecule has 0 aliphatic carbocycles. The zero-order valence-corrected chi connectivity index (χ0v) is 10.5. The molecule has 1 aliphatic heterocycles. The van der Waals surface area contributed by atoms with Crippen LogP contribution in [0.3, 0.4) is 0 Å². The van der Waals surface area contributed by atoms with Crippen molar-refractivity contribution in [3.8, 4) is 0 Å². The maximum atomic E-state index is 5.88. The Kier molecular flexibility index (Phi) is 3.89. The van der Waals surface area contributed by atoms with E-state index in [1.165, 1.54) is 43.5 Å². The van der Waals surface area contributed by atoms with Gasteiger partial charge in [0.1, 0.15) is 0 Å². The van der Waals surface area contributed by atoms with Gasteiger partial charge in [0.15, 0.2) is 0 Å². The number of allylic oxidation sites excluding steroid dienone is 1. The molecule has 0 N–H and O–H groups in total. The van der Waals surface area contributed by atoms with E-state index in [-0.39, 0.29) is 0 Å². The minimum atomic E-state index is 0.802. The SMILES string of the molecule is CN1CCCCCC1=Cc1ccc(Cl)cc1. The molecule has 16 heavy (non-hydrogen) atoms. The topological polar surface area (TPSA) is 3.24 Å². The first kappa shape index (κ1) is 11.5. The highest BCUT2D eigenvalue weighted by Crippen LogP contribution is 2.21. The van der Waals surface area contributed by atoms with Crippen LogP contribution in [0.5, 0.6) is 0 Å². The summed E-state index contributed by atoms with van der Waals surface area (Å²) in [5.74, 6) is 0. The van der Waals surface area contributed by atoms with Gasteiger partial charge >= 0.3 is 0 Å². The Morgan fingerprint density at radius 3 is 2.62 bits per heavy atom. The number of benzene rings is 1. The van der Waals surface area contributed by atoms with Crippen LogP contribution in [0.2, 0.25) is 5.02 Å². The summed E-state index contributed by atoms with van der Waals surface area (Å²) in [6.45, 7) is 1.18. The van der Waals surface area contributed by atoms with Crippen LogP contribution in [0, 0.1) is 0 Å². The van der Waals surface area contributed by atoms with Crippen LogP contribution in [0.15, 0.2) is 30.0 Å². The fraction of sp³-hybridized carbons (Fsp3) is 0.429. The van der Waals surface area contributed by atoms with Gasteiger partial charge in [-0.2, -0.15) is 0 Å². The van der Waals surface area contributed by atoms with Crippen molar-refractivity contribution in [3.05, 3.63) is 40.5 Å². The number of nitrogens with zero attached hydrogens (tertiary/aromatic N) is 1. The molecule has 1 aromatic carbocycles. The molecule has 0 radical (unpaired) electrons. The number of hydrogen-bond acceptors (Lipinski definition) is 1. The van der Waals surface area contributed by atoms with Crippen molar-refractivity contribution in [1.82, 2.24) is 4.90 Å². The Morgan fingerprint density at radius 1 is 1.12 bits per heavy atom. The van der Waals surface area contributed by atoms with Crippen LogP contribution in [0.1, 0.15) is 31.2 Å². The fourth-order valence-electron chi connectivity index (χ4n) is 2.10. The molecule has 1 fully saturated rings. The third-order valence-corrected chi connectivity index (χ3v) is 3.37. The van der Waals surface area contributed by atoms with Crippen molar-refractivity contribution in [3.63, 3.8) is 0 Å². The average Bonchev–Trinajstić information content (AvgIpc) is 2.48. The number of halogens is 1. The van der Waals surface area contributed by atoms with Gasteiger partial charge in [0.25, 0.3) is 0 Å². The van der Waals surface area contributed by atoms with Gasteiger partial charge in [-0.15, -0.1) is 0 Å². The van der Waals surface area contributed by atoms with E-state index in [9.17, 15) is 0 Å². The van der Waals surface area contributed by atoms with Crippen LogP contribution in [-0.2, 0) is 0 Å². The van der Waals surface area contributed by atoms with Crippen molar-refractivity contribution in [2.75, 3.05) is 13.6 Å². The zero-order chi connectivity index (χ0) is 11.4. The summed E-state index contributed by atoms with van der Waals surface area (Å²) in [5, 5.41) is 0.802. The highest BCUT2D eigenvalue weighted by atomic mass is 35.5. The standard InChI is InChI=1S/C14H18ClN/c1-16-10-4-2-3-5-14(16)11-12-6-8-13(15)9-7-12/h6-9,11H,2-5,10H2,1H3. The van der Waals surface area contributed by atoms with Crippen LogP contribution < -0.4 is 0 Å². The molecule has 1 saturated heterocycles. The van der Waals surface area contributed by atoms with E-state index < -0.39 is 0 Å². The van der Waals surface area contributed by atoms with Crippen molar-refractivity contribution in [2.24, 2.45) is 0 Å². The quantitative estimate of drug-likeness (QED) is 0.706. The Balaban J connectivity index is 2.17. The van der Waals surface area contributed by atoms with E-state index in [4.69, 9.17) is 11.6 Å². The van der Waals surface area contributed by atoms with E-state index in [1.54, 1.807) is 0 Å². The van der Waals surface area contributed by atoms with E-state index in [0.29, 0.717) is 0 Å². The fourth-order valence-corrected chi connectivity index (χ4v) is 2.23. The molecule has 0 amide bonds. The lowest BCUT2D eigenvalue weighted by molar-refractivity contribution is 0.421. The summed E-state index contributed by atoms with van der Waals surface area (Å²) in [6.07, 6.45) is 7.45. The maximum Gasteiger partial charge on any atom is 0.0406 e. The lowest BCUT2D eigenvalue weighted by Gasteiger charge is -2.19. The Morgan fingerprint density at radius 2 is 1.88 bits per heavy atom. The van der Waals surface area contributed by atoms with Crippen LogP contribution in [-0.4, -0.2) is 18.5 Å². The summed E-state index contributed by atoms with van der Waals surface area (Å²) >= 11 is 5.88. The van der Waals surface area contributed by atoms with Gasteiger partial charge in [-0.05, 0) is 43.0 Å². The van der Waals surface area contributed by atoms with Crippen molar-refractivity contribution in [1.29, 1.82) is 0 Å². The summed E-state index contributed by atoms with van der Waals surface area (Å²) < 4.78 is 0. The van der Waals surface area contributed by atoms with Gasteiger partial charge in [-0.1, -0.05) is 30.2 Å². The average molecular weight is 236 g/mol. The summed E-state index contributed by atoms with van der Waals surface area (Å²) in [4.78, 5) is 2.38. The Bertz CT molecular complexity index is 367. The zero-order valence-electron chi connectivity index (χ0n) is 9.75. The van der Waals surface area contributed by atoms with Gasteiger partial charge in [0.2, 0.25) is 0 Å². The number of hydrogen-bond donors (Lipinski definition) is 0. The third-order valence-electron chi connectivity index (χ3n) is 3.12. The molecule has 0 aromatic heterocycles. The molecule has 0 bridgehead atoms. The molecule has 2 rings (SSSR count). The molecule has 0 unspecified atom stereocenters. The van der Waals surface area contributed by atoms with Gasteiger partial charge in [-0.25, -0.2) is 0 Å². The first-order valence-corrected chi connectivity index (χ1v) is 6.31. The van der Waals surface area contributed by atoms with Crippen LogP contribution in [0.4, 0.5) is 0 Å². The predicted molar refractivity (Wildman–Crippen MR) is 70.5 cm³/mol. The summed E-state index contributed by atoms with van der Waals surface area (Å²) in [7, 11) is 2.19. The second kappa shape index (κ2) is 5.40. The van der Waals surface area contributed by atoms with E-state index in [0.717, 1.165) is 5.02 Å². The lowest BCUT2D eigenvalue weighted by Crippen LogP contribution is -2.16. The van der Waals surface area contributed by atoms with E-state index >= 15 is 0 Å². The largest absolute Gasteiger partial charge is 0.378 e. The summed E-state index contributed by atoms with van der Waals surface area (Å²) in [6, 6.07) is 8.05. The van der Waals surface area contributed by atoms with Gasteiger partial charge < -0.3 is 4.90 Å². The molecule has 1 nitrogen and oxygen atoms in total.